The number of rotatable bonds is 3. The van der Waals surface area contributed by atoms with E-state index in [-0.39, 0.29) is 0 Å². The zero-order valence-electron chi connectivity index (χ0n) is 22.8. The number of anilines is 3. The SMILES string of the molecule is c1ccc(N(c2cccc3c2sc2cc4ccccc4cc23)c2cccc3ccc4ccc5ccccc5c4c23)cc1. The summed E-state index contributed by atoms with van der Waals surface area (Å²) in [5.74, 6) is 0. The lowest BCUT2D eigenvalue weighted by atomic mass is 9.94. The van der Waals surface area contributed by atoms with Gasteiger partial charge in [0.15, 0.2) is 0 Å². The lowest BCUT2D eigenvalue weighted by Crippen LogP contribution is -2.10. The summed E-state index contributed by atoms with van der Waals surface area (Å²) in [5.41, 5.74) is 3.54. The second-order valence-corrected chi connectivity index (χ2v) is 12.0. The Bertz CT molecular complexity index is 2470. The molecule has 9 aromatic rings. The van der Waals surface area contributed by atoms with Crippen LogP contribution < -0.4 is 4.90 Å². The number of hydrogen-bond acceptors (Lipinski definition) is 2. The molecule has 0 fully saturated rings. The van der Waals surface area contributed by atoms with E-state index in [2.05, 4.69) is 157 Å². The third-order valence-electron chi connectivity index (χ3n) is 8.57. The number of fused-ring (bicyclic) bond motifs is 9. The van der Waals surface area contributed by atoms with E-state index in [9.17, 15) is 0 Å². The highest BCUT2D eigenvalue weighted by Crippen LogP contribution is 2.48. The maximum atomic E-state index is 2.47. The van der Waals surface area contributed by atoms with Crippen LogP contribution in [-0.2, 0) is 0 Å². The predicted molar refractivity (Wildman–Crippen MR) is 184 cm³/mol. The van der Waals surface area contributed by atoms with Crippen molar-refractivity contribution in [2.75, 3.05) is 4.90 Å². The summed E-state index contributed by atoms with van der Waals surface area (Å²) in [7, 11) is 0. The summed E-state index contributed by atoms with van der Waals surface area (Å²) in [6.07, 6.45) is 0. The molecule has 0 saturated heterocycles. The third kappa shape index (κ3) is 3.49. The van der Waals surface area contributed by atoms with E-state index in [4.69, 9.17) is 0 Å². The Balaban J connectivity index is 1.42. The van der Waals surface area contributed by atoms with Crippen molar-refractivity contribution >= 4 is 91.7 Å². The van der Waals surface area contributed by atoms with Gasteiger partial charge in [0.1, 0.15) is 0 Å². The summed E-state index contributed by atoms with van der Waals surface area (Å²) in [5, 5.41) is 12.8. The van der Waals surface area contributed by atoms with Gasteiger partial charge in [-0.05, 0) is 74.1 Å². The molecule has 1 heterocycles. The number of hydrogen-bond donors (Lipinski definition) is 0. The van der Waals surface area contributed by atoms with Gasteiger partial charge in [-0.25, -0.2) is 0 Å². The van der Waals surface area contributed by atoms with Crippen LogP contribution >= 0.6 is 11.3 Å². The standard InChI is InChI=1S/C40H25NS/c1-2-14-31(15-3-1)41(36-19-9-17-33-34-24-29-11-4-5-12-30(29)25-37(34)42-40(33)36)35-18-8-13-27-22-23-28-21-20-26-10-6-7-16-32(26)38(28)39(27)35/h1-25H. The highest BCUT2D eigenvalue weighted by molar-refractivity contribution is 7.26. The van der Waals surface area contributed by atoms with E-state index >= 15 is 0 Å². The Morgan fingerprint density at radius 2 is 0.976 bits per heavy atom. The van der Waals surface area contributed by atoms with Gasteiger partial charge in [-0.2, -0.15) is 0 Å². The van der Waals surface area contributed by atoms with Gasteiger partial charge >= 0.3 is 0 Å². The van der Waals surface area contributed by atoms with E-state index < -0.39 is 0 Å². The first kappa shape index (κ1) is 23.5. The summed E-state index contributed by atoms with van der Waals surface area (Å²) in [6.45, 7) is 0. The molecule has 0 saturated carbocycles. The molecular formula is C40H25NS. The van der Waals surface area contributed by atoms with Crippen molar-refractivity contribution in [3.63, 3.8) is 0 Å². The van der Waals surface area contributed by atoms with Crippen molar-refractivity contribution in [3.05, 3.63) is 152 Å². The molecule has 8 aromatic carbocycles. The highest BCUT2D eigenvalue weighted by atomic mass is 32.1. The van der Waals surface area contributed by atoms with Crippen LogP contribution in [0.4, 0.5) is 17.1 Å². The zero-order valence-corrected chi connectivity index (χ0v) is 23.6. The summed E-state index contributed by atoms with van der Waals surface area (Å²) < 4.78 is 2.62. The van der Waals surface area contributed by atoms with Gasteiger partial charge in [-0.1, -0.05) is 115 Å². The lowest BCUT2D eigenvalue weighted by Gasteiger charge is -2.28. The van der Waals surface area contributed by atoms with Crippen LogP contribution in [0.2, 0.25) is 0 Å². The minimum absolute atomic E-state index is 1.15. The number of nitrogens with zero attached hydrogens (tertiary/aromatic N) is 1. The normalized spacial score (nSPS) is 11.8. The molecule has 0 unspecified atom stereocenters. The summed E-state index contributed by atoms with van der Waals surface area (Å²) >= 11 is 1.89. The lowest BCUT2D eigenvalue weighted by molar-refractivity contribution is 1.32. The Kier molecular flexibility index (Phi) is 5.13. The van der Waals surface area contributed by atoms with Crippen molar-refractivity contribution < 1.29 is 0 Å². The molecule has 42 heavy (non-hydrogen) atoms. The molecule has 0 aliphatic heterocycles. The van der Waals surface area contributed by atoms with Crippen molar-refractivity contribution in [1.82, 2.24) is 0 Å². The van der Waals surface area contributed by atoms with E-state index in [1.54, 1.807) is 0 Å². The quantitative estimate of drug-likeness (QED) is 0.197. The molecule has 1 nitrogen and oxygen atoms in total. The maximum Gasteiger partial charge on any atom is 0.0640 e. The molecule has 0 atom stereocenters. The summed E-state index contributed by atoms with van der Waals surface area (Å²) in [4.78, 5) is 2.47. The van der Waals surface area contributed by atoms with Gasteiger partial charge in [0.2, 0.25) is 0 Å². The van der Waals surface area contributed by atoms with Crippen LogP contribution in [-0.4, -0.2) is 0 Å². The van der Waals surface area contributed by atoms with Gasteiger partial charge in [0, 0.05) is 26.5 Å². The molecule has 9 rings (SSSR count). The molecule has 0 N–H and O–H groups in total. The summed E-state index contributed by atoms with van der Waals surface area (Å²) in [6, 6.07) is 55.5. The Morgan fingerprint density at radius 1 is 0.381 bits per heavy atom. The zero-order chi connectivity index (χ0) is 27.6. The van der Waals surface area contributed by atoms with Crippen molar-refractivity contribution in [1.29, 1.82) is 0 Å². The van der Waals surface area contributed by atoms with E-state index in [1.807, 2.05) is 11.3 Å². The molecule has 1 aromatic heterocycles. The Morgan fingerprint density at radius 3 is 1.81 bits per heavy atom. The van der Waals surface area contributed by atoms with Crippen LogP contribution in [0.1, 0.15) is 0 Å². The van der Waals surface area contributed by atoms with Crippen LogP contribution in [0.3, 0.4) is 0 Å². The molecule has 0 aliphatic rings. The molecule has 0 radical (unpaired) electrons. The topological polar surface area (TPSA) is 3.24 Å². The van der Waals surface area contributed by atoms with Gasteiger partial charge in [-0.3, -0.25) is 0 Å². The van der Waals surface area contributed by atoms with Gasteiger partial charge in [0.25, 0.3) is 0 Å². The minimum Gasteiger partial charge on any atom is -0.308 e. The van der Waals surface area contributed by atoms with E-state index in [0.717, 1.165) is 5.69 Å². The Hall–Kier alpha value is -5.18. The molecule has 196 valence electrons. The molecular weight excluding hydrogens is 527 g/mol. The largest absolute Gasteiger partial charge is 0.308 e. The van der Waals surface area contributed by atoms with Crippen LogP contribution in [0.5, 0.6) is 0 Å². The second-order valence-electron chi connectivity index (χ2n) is 10.9. The predicted octanol–water partition coefficient (Wildman–Crippen LogP) is 12.1. The fourth-order valence-electron chi connectivity index (χ4n) is 6.67. The first-order chi connectivity index (χ1) is 20.8. The van der Waals surface area contributed by atoms with Crippen molar-refractivity contribution in [3.8, 4) is 0 Å². The molecule has 0 spiro atoms. The van der Waals surface area contributed by atoms with Crippen LogP contribution in [0.25, 0.3) is 63.3 Å². The van der Waals surface area contributed by atoms with Crippen molar-refractivity contribution in [2.45, 2.75) is 0 Å². The maximum absolute atomic E-state index is 2.47. The van der Waals surface area contributed by atoms with E-state index in [1.165, 1.54) is 74.6 Å². The monoisotopic (exact) mass is 551 g/mol. The molecule has 2 heteroatoms. The first-order valence-electron chi connectivity index (χ1n) is 14.4. The van der Waals surface area contributed by atoms with Crippen molar-refractivity contribution in [2.24, 2.45) is 0 Å². The first-order valence-corrected chi connectivity index (χ1v) is 15.2. The molecule has 0 aliphatic carbocycles. The third-order valence-corrected chi connectivity index (χ3v) is 9.76. The smallest absolute Gasteiger partial charge is 0.0640 e. The average molecular weight is 552 g/mol. The fraction of sp³-hybridized carbons (Fsp3) is 0. The molecule has 0 bridgehead atoms. The van der Waals surface area contributed by atoms with Crippen LogP contribution in [0.15, 0.2) is 152 Å². The second kappa shape index (κ2) is 9.17. The Labute approximate surface area is 247 Å². The highest BCUT2D eigenvalue weighted by Gasteiger charge is 2.21. The van der Waals surface area contributed by atoms with Gasteiger partial charge in [0.05, 0.1) is 16.1 Å². The minimum atomic E-state index is 1.15. The molecule has 0 amide bonds. The van der Waals surface area contributed by atoms with Crippen LogP contribution in [0, 0.1) is 0 Å². The average Bonchev–Trinajstić information content (AvgIpc) is 3.42. The van der Waals surface area contributed by atoms with E-state index in [0.29, 0.717) is 0 Å². The number of thiophene rings is 1. The fourth-order valence-corrected chi connectivity index (χ4v) is 7.91. The van der Waals surface area contributed by atoms with Gasteiger partial charge in [-0.15, -0.1) is 11.3 Å². The van der Waals surface area contributed by atoms with Gasteiger partial charge < -0.3 is 4.90 Å². The number of benzene rings is 8. The number of para-hydroxylation sites is 1.